The number of halogens is 1. The van der Waals surface area contributed by atoms with Crippen LogP contribution < -0.4 is 5.73 Å². The molecule has 4 heteroatoms. The number of rotatable bonds is 3. The molecule has 0 aliphatic carbocycles. The summed E-state index contributed by atoms with van der Waals surface area (Å²) < 4.78 is 0. The van der Waals surface area contributed by atoms with Gasteiger partial charge < -0.3 is 5.73 Å². The van der Waals surface area contributed by atoms with Crippen molar-refractivity contribution >= 4 is 17.5 Å². The zero-order chi connectivity index (χ0) is 8.97. The minimum atomic E-state index is -0.404. The molecule has 3 nitrogen and oxygen atoms in total. The molecule has 2 N–H and O–H groups in total. The maximum atomic E-state index is 10.5. The molecule has 1 atom stereocenters. The number of primary amides is 1. The number of hydrogen-bond acceptors (Lipinski definition) is 2. The van der Waals surface area contributed by atoms with Crippen LogP contribution in [0.3, 0.4) is 0 Å². The maximum absolute atomic E-state index is 10.5. The number of nitrogens with two attached hydrogens (primary N) is 1. The van der Waals surface area contributed by atoms with E-state index in [4.69, 9.17) is 17.3 Å². The van der Waals surface area contributed by atoms with Crippen LogP contribution in [0.2, 0.25) is 0 Å². The molecule has 1 amide bonds. The largest absolute Gasteiger partial charge is 0.370 e. The summed E-state index contributed by atoms with van der Waals surface area (Å²) in [5.41, 5.74) is 5.80. The summed E-state index contributed by atoms with van der Waals surface area (Å²) in [6.07, 6.45) is 3.42. The van der Waals surface area contributed by atoms with Crippen LogP contribution in [0.5, 0.6) is 0 Å². The van der Waals surface area contributed by atoms with Crippen molar-refractivity contribution in [2.75, 3.05) is 0 Å². The first-order valence-electron chi connectivity index (χ1n) is 3.52. The third-order valence-corrected chi connectivity index (χ3v) is 1.83. The van der Waals surface area contributed by atoms with Crippen LogP contribution in [0.1, 0.15) is 17.4 Å². The molecule has 1 rings (SSSR count). The third-order valence-electron chi connectivity index (χ3n) is 1.43. The quantitative estimate of drug-likeness (QED) is 0.719. The average Bonchev–Trinajstić information content (AvgIpc) is 2.05. The highest BCUT2D eigenvalue weighted by Gasteiger charge is 2.10. The second-order valence-electron chi connectivity index (χ2n) is 2.42. The number of pyridine rings is 1. The van der Waals surface area contributed by atoms with Gasteiger partial charge >= 0.3 is 0 Å². The summed E-state index contributed by atoms with van der Waals surface area (Å²) >= 11 is 5.86. The van der Waals surface area contributed by atoms with E-state index in [-0.39, 0.29) is 11.8 Å². The van der Waals surface area contributed by atoms with Gasteiger partial charge in [0, 0.05) is 18.8 Å². The number of alkyl halides is 1. The van der Waals surface area contributed by atoms with Gasteiger partial charge in [0.1, 0.15) is 0 Å². The normalized spacial score (nSPS) is 12.4. The summed E-state index contributed by atoms with van der Waals surface area (Å²) in [5.74, 6) is -0.404. The first kappa shape index (κ1) is 9.00. The van der Waals surface area contributed by atoms with Gasteiger partial charge in [0.15, 0.2) is 0 Å². The van der Waals surface area contributed by atoms with Gasteiger partial charge in [-0.2, -0.15) is 0 Å². The molecule has 0 saturated carbocycles. The van der Waals surface area contributed by atoms with Crippen LogP contribution >= 0.6 is 11.6 Å². The number of amides is 1. The van der Waals surface area contributed by atoms with Crippen molar-refractivity contribution in [1.29, 1.82) is 0 Å². The molecule has 0 spiro atoms. The SMILES string of the molecule is NC(=O)CC(Cl)c1cccnc1. The molecule has 1 aromatic rings. The number of nitrogens with zero attached hydrogens (tertiary/aromatic N) is 1. The van der Waals surface area contributed by atoms with Gasteiger partial charge in [-0.05, 0) is 11.6 Å². The minimum Gasteiger partial charge on any atom is -0.370 e. The first-order chi connectivity index (χ1) is 5.70. The summed E-state index contributed by atoms with van der Waals surface area (Å²) in [4.78, 5) is 14.4. The molecule has 0 bridgehead atoms. The van der Waals surface area contributed by atoms with E-state index in [1.54, 1.807) is 18.5 Å². The Morgan fingerprint density at radius 3 is 3.00 bits per heavy atom. The van der Waals surface area contributed by atoms with Crippen LogP contribution in [0.25, 0.3) is 0 Å². The summed E-state index contributed by atoms with van der Waals surface area (Å²) in [6, 6.07) is 3.58. The highest BCUT2D eigenvalue weighted by molar-refractivity contribution is 6.21. The monoisotopic (exact) mass is 184 g/mol. The number of carbonyl (C=O) groups excluding carboxylic acids is 1. The van der Waals surface area contributed by atoms with E-state index in [0.29, 0.717) is 0 Å². The Balaban J connectivity index is 2.65. The lowest BCUT2D eigenvalue weighted by Crippen LogP contribution is -2.12. The van der Waals surface area contributed by atoms with Gasteiger partial charge in [0.05, 0.1) is 5.38 Å². The zero-order valence-corrected chi connectivity index (χ0v) is 7.16. The van der Waals surface area contributed by atoms with Gasteiger partial charge in [0.25, 0.3) is 0 Å². The van der Waals surface area contributed by atoms with E-state index in [0.717, 1.165) is 5.56 Å². The predicted octanol–water partition coefficient (Wildman–Crippen LogP) is 1.24. The Kier molecular flexibility index (Phi) is 3.05. The second-order valence-corrected chi connectivity index (χ2v) is 2.95. The third kappa shape index (κ3) is 2.51. The Hall–Kier alpha value is -1.09. The van der Waals surface area contributed by atoms with Crippen LogP contribution in [0, 0.1) is 0 Å². The van der Waals surface area contributed by atoms with Crippen molar-refractivity contribution in [3.63, 3.8) is 0 Å². The van der Waals surface area contributed by atoms with Gasteiger partial charge in [-0.3, -0.25) is 9.78 Å². The van der Waals surface area contributed by atoms with E-state index in [1.165, 1.54) is 0 Å². The Morgan fingerprint density at radius 2 is 2.50 bits per heavy atom. The standard InChI is InChI=1S/C8H9ClN2O/c9-7(4-8(10)12)6-2-1-3-11-5-6/h1-3,5,7H,4H2,(H2,10,12). The fourth-order valence-corrected chi connectivity index (χ4v) is 1.14. The lowest BCUT2D eigenvalue weighted by Gasteiger charge is -2.05. The van der Waals surface area contributed by atoms with Crippen molar-refractivity contribution in [3.05, 3.63) is 30.1 Å². The molecular weight excluding hydrogens is 176 g/mol. The Morgan fingerprint density at radius 1 is 1.75 bits per heavy atom. The molecule has 0 saturated heterocycles. The first-order valence-corrected chi connectivity index (χ1v) is 3.96. The maximum Gasteiger partial charge on any atom is 0.219 e. The topological polar surface area (TPSA) is 56.0 Å². The van der Waals surface area contributed by atoms with Gasteiger partial charge in [-0.15, -0.1) is 11.6 Å². The predicted molar refractivity (Wildman–Crippen MR) is 46.6 cm³/mol. The number of aromatic nitrogens is 1. The Bertz CT molecular complexity index is 263. The number of carbonyl (C=O) groups is 1. The average molecular weight is 185 g/mol. The van der Waals surface area contributed by atoms with E-state index in [9.17, 15) is 4.79 Å². The van der Waals surface area contributed by atoms with Crippen molar-refractivity contribution in [1.82, 2.24) is 4.98 Å². The Labute approximate surface area is 75.6 Å². The highest BCUT2D eigenvalue weighted by atomic mass is 35.5. The molecule has 0 radical (unpaired) electrons. The number of hydrogen-bond donors (Lipinski definition) is 1. The highest BCUT2D eigenvalue weighted by Crippen LogP contribution is 2.22. The lowest BCUT2D eigenvalue weighted by molar-refractivity contribution is -0.118. The van der Waals surface area contributed by atoms with Crippen molar-refractivity contribution in [2.24, 2.45) is 5.73 Å². The van der Waals surface area contributed by atoms with E-state index in [2.05, 4.69) is 4.98 Å². The lowest BCUT2D eigenvalue weighted by atomic mass is 10.1. The van der Waals surface area contributed by atoms with Gasteiger partial charge in [-0.25, -0.2) is 0 Å². The van der Waals surface area contributed by atoms with E-state index < -0.39 is 5.91 Å². The van der Waals surface area contributed by atoms with Crippen molar-refractivity contribution in [3.8, 4) is 0 Å². The summed E-state index contributed by atoms with van der Waals surface area (Å²) in [6.45, 7) is 0. The van der Waals surface area contributed by atoms with Crippen molar-refractivity contribution in [2.45, 2.75) is 11.8 Å². The van der Waals surface area contributed by atoms with E-state index in [1.807, 2.05) is 6.07 Å². The smallest absolute Gasteiger partial charge is 0.219 e. The molecular formula is C8H9ClN2O. The molecule has 1 unspecified atom stereocenters. The molecule has 0 aliphatic heterocycles. The zero-order valence-electron chi connectivity index (χ0n) is 6.40. The summed E-state index contributed by atoms with van der Waals surface area (Å²) in [7, 11) is 0. The molecule has 1 heterocycles. The molecule has 64 valence electrons. The molecule has 0 fully saturated rings. The summed E-state index contributed by atoms with van der Waals surface area (Å²) in [5, 5.41) is -0.365. The van der Waals surface area contributed by atoms with E-state index >= 15 is 0 Å². The van der Waals surface area contributed by atoms with Crippen LogP contribution in [-0.2, 0) is 4.79 Å². The van der Waals surface area contributed by atoms with Crippen LogP contribution in [0.15, 0.2) is 24.5 Å². The fourth-order valence-electron chi connectivity index (χ4n) is 0.856. The fraction of sp³-hybridized carbons (Fsp3) is 0.250. The molecule has 0 aromatic carbocycles. The van der Waals surface area contributed by atoms with Gasteiger partial charge in [-0.1, -0.05) is 6.07 Å². The van der Waals surface area contributed by atoms with Crippen LogP contribution in [-0.4, -0.2) is 10.9 Å². The minimum absolute atomic E-state index is 0.146. The van der Waals surface area contributed by atoms with Crippen LogP contribution in [0.4, 0.5) is 0 Å². The molecule has 12 heavy (non-hydrogen) atoms. The second kappa shape index (κ2) is 4.07. The van der Waals surface area contributed by atoms with Gasteiger partial charge in [0.2, 0.25) is 5.91 Å². The molecule has 1 aromatic heterocycles. The molecule has 0 aliphatic rings. The van der Waals surface area contributed by atoms with Crippen molar-refractivity contribution < 1.29 is 4.79 Å².